The van der Waals surface area contributed by atoms with Gasteiger partial charge in [0.25, 0.3) is 0 Å². The van der Waals surface area contributed by atoms with Crippen molar-refractivity contribution in [3.63, 3.8) is 0 Å². The molecule has 0 heterocycles. The zero-order chi connectivity index (χ0) is 17.7. The van der Waals surface area contributed by atoms with E-state index in [-0.39, 0.29) is 17.1 Å². The van der Waals surface area contributed by atoms with Gasteiger partial charge >= 0.3 is 17.1 Å². The van der Waals surface area contributed by atoms with Crippen molar-refractivity contribution in [1.82, 2.24) is 0 Å². The van der Waals surface area contributed by atoms with E-state index in [0.717, 1.165) is 13.1 Å². The first-order chi connectivity index (χ1) is 9.91. The van der Waals surface area contributed by atoms with E-state index < -0.39 is 0 Å². The van der Waals surface area contributed by atoms with Crippen LogP contribution in [0.4, 0.5) is 0 Å². The second-order valence-corrected chi connectivity index (χ2v) is 2.70. The molecule has 1 radical (unpaired) electrons. The zero-order valence-electron chi connectivity index (χ0n) is 11.9. The van der Waals surface area contributed by atoms with Crippen molar-refractivity contribution < 1.29 is 17.1 Å². The molecule has 0 rings (SSSR count). The van der Waals surface area contributed by atoms with Gasteiger partial charge in [-0.1, -0.05) is 25.7 Å². The summed E-state index contributed by atoms with van der Waals surface area (Å²) >= 11 is 0. The summed E-state index contributed by atoms with van der Waals surface area (Å²) in [6.07, 6.45) is 7.61. The van der Waals surface area contributed by atoms with Crippen LogP contribution in [-0.4, -0.2) is 13.1 Å². The Hall–Kier alpha value is -2.11. The molecular weight excluding hydrogens is 310 g/mol. The van der Waals surface area contributed by atoms with E-state index in [1.165, 1.54) is 38.5 Å². The number of unbranched alkanes of at least 4 members (excludes halogenated alkanes) is 5. The van der Waals surface area contributed by atoms with E-state index in [9.17, 15) is 0 Å². The Morgan fingerprint density at radius 3 is 0.714 bits per heavy atom. The van der Waals surface area contributed by atoms with Crippen molar-refractivity contribution in [3.8, 4) is 0 Å². The van der Waals surface area contributed by atoms with E-state index >= 15 is 0 Å². The van der Waals surface area contributed by atoms with Crippen LogP contribution >= 0.6 is 0 Å². The predicted molar refractivity (Wildman–Crippen MR) is 70.7 cm³/mol. The normalized spacial score (nSPS) is 5.33. The van der Waals surface area contributed by atoms with Crippen molar-refractivity contribution in [3.05, 3.63) is 32.9 Å². The van der Waals surface area contributed by atoms with Crippen LogP contribution in [-0.2, 0) is 17.1 Å². The Balaban J connectivity index is -0.0000000303. The summed E-state index contributed by atoms with van der Waals surface area (Å²) in [6.45, 7) is 25.4. The molecule has 0 saturated heterocycles. The summed E-state index contributed by atoms with van der Waals surface area (Å²) in [7, 11) is 0. The van der Waals surface area contributed by atoms with Crippen LogP contribution in [0.15, 0.2) is 0 Å². The second kappa shape index (κ2) is 147. The SMILES string of the molecule is NCCCCCCCCN.[C-]#N.[C-]#N.[C-]#N.[C-]#N.[C-]#N.[Fe+5]. The van der Waals surface area contributed by atoms with Crippen molar-refractivity contribution in [2.75, 3.05) is 13.1 Å². The van der Waals surface area contributed by atoms with Crippen molar-refractivity contribution in [2.45, 2.75) is 38.5 Å². The molecule has 0 saturated carbocycles. The number of hydrogen-bond donors (Lipinski definition) is 2. The minimum atomic E-state index is 0. The molecule has 115 valence electrons. The second-order valence-electron chi connectivity index (χ2n) is 2.70. The van der Waals surface area contributed by atoms with Gasteiger partial charge < -0.3 is 70.6 Å². The molecule has 0 aromatic rings. The van der Waals surface area contributed by atoms with Gasteiger partial charge in [-0.2, -0.15) is 0 Å². The molecule has 0 fully saturated rings. The third-order valence-corrected chi connectivity index (χ3v) is 1.66. The third kappa shape index (κ3) is 189. The van der Waals surface area contributed by atoms with Gasteiger partial charge in [-0.05, 0) is 25.9 Å². The van der Waals surface area contributed by atoms with Crippen molar-refractivity contribution in [2.24, 2.45) is 11.5 Å². The molecule has 0 atom stereocenters. The summed E-state index contributed by atoms with van der Waals surface area (Å²) in [4.78, 5) is 0. The van der Waals surface area contributed by atoms with E-state index in [1.807, 2.05) is 0 Å². The van der Waals surface area contributed by atoms with Gasteiger partial charge in [0.15, 0.2) is 0 Å². The number of nitrogens with zero attached hydrogens (tertiary/aromatic N) is 5. The van der Waals surface area contributed by atoms with E-state index in [2.05, 4.69) is 0 Å². The van der Waals surface area contributed by atoms with Gasteiger partial charge in [-0.3, -0.25) is 0 Å². The van der Waals surface area contributed by atoms with Gasteiger partial charge in [0, 0.05) is 0 Å². The van der Waals surface area contributed by atoms with Crippen molar-refractivity contribution in [1.29, 1.82) is 26.3 Å². The molecule has 0 bridgehead atoms. The largest absolute Gasteiger partial charge is 5.00 e. The Bertz CT molecular complexity index is 166. The van der Waals surface area contributed by atoms with E-state index in [4.69, 9.17) is 70.6 Å². The molecule has 0 aromatic heterocycles. The van der Waals surface area contributed by atoms with Crippen LogP contribution in [0.2, 0.25) is 0 Å². The minimum Gasteiger partial charge on any atom is -0.512 e. The maximum absolute atomic E-state index is 6.25. The van der Waals surface area contributed by atoms with Crippen LogP contribution in [0.5, 0.6) is 0 Å². The minimum absolute atomic E-state index is 0. The van der Waals surface area contributed by atoms with Crippen LogP contribution in [0.3, 0.4) is 0 Å². The number of nitrogens with two attached hydrogens (primary N) is 2. The van der Waals surface area contributed by atoms with Gasteiger partial charge in [0.2, 0.25) is 0 Å². The molecule has 0 aromatic carbocycles. The standard InChI is InChI=1S/C8H20N2.5CN.Fe/c9-7-5-3-1-2-4-6-8-10;5*1-2;/h1-10H2;;;;;;/q;5*-1;+5. The van der Waals surface area contributed by atoms with Crippen LogP contribution in [0.1, 0.15) is 38.5 Å². The average Bonchev–Trinajstić information content (AvgIpc) is 2.60. The molecule has 8 heteroatoms. The quantitative estimate of drug-likeness (QED) is 0.406. The molecule has 0 unspecified atom stereocenters. The Kier molecular flexibility index (Phi) is 300. The van der Waals surface area contributed by atoms with Gasteiger partial charge in [-0.15, -0.1) is 0 Å². The summed E-state index contributed by atoms with van der Waals surface area (Å²) in [5, 5.41) is 31.2. The Morgan fingerprint density at radius 1 is 0.429 bits per heavy atom. The monoisotopic (exact) mass is 330 g/mol. The van der Waals surface area contributed by atoms with Gasteiger partial charge in [0.05, 0.1) is 0 Å². The summed E-state index contributed by atoms with van der Waals surface area (Å²) < 4.78 is 0. The number of rotatable bonds is 7. The average molecular weight is 330 g/mol. The summed E-state index contributed by atoms with van der Waals surface area (Å²) in [5.41, 5.74) is 10.7. The number of hydrogen-bond acceptors (Lipinski definition) is 7. The maximum Gasteiger partial charge on any atom is 5.00 e. The molecule has 4 N–H and O–H groups in total. The molecule has 0 aliphatic carbocycles. The zero-order valence-corrected chi connectivity index (χ0v) is 13.0. The maximum atomic E-state index is 6.25. The van der Waals surface area contributed by atoms with E-state index in [0.29, 0.717) is 0 Å². The fraction of sp³-hybridized carbons (Fsp3) is 0.615. The fourth-order valence-corrected chi connectivity index (χ4v) is 0.996. The first kappa shape index (κ1) is 42.8. The molecule has 0 amide bonds. The Labute approximate surface area is 139 Å². The Morgan fingerprint density at radius 2 is 0.571 bits per heavy atom. The first-order valence-corrected chi connectivity index (χ1v) is 5.43. The van der Waals surface area contributed by atoms with Crippen LogP contribution in [0, 0.1) is 59.2 Å². The first-order valence-electron chi connectivity index (χ1n) is 5.43. The summed E-state index contributed by atoms with van der Waals surface area (Å²) in [6, 6.07) is 0. The van der Waals surface area contributed by atoms with Crippen LogP contribution in [0.25, 0.3) is 0 Å². The summed E-state index contributed by atoms with van der Waals surface area (Å²) in [5.74, 6) is 0. The van der Waals surface area contributed by atoms with Gasteiger partial charge in [-0.25, -0.2) is 0 Å². The van der Waals surface area contributed by atoms with E-state index in [1.54, 1.807) is 0 Å². The molecule has 0 aliphatic heterocycles. The topological polar surface area (TPSA) is 171 Å². The van der Waals surface area contributed by atoms with Crippen molar-refractivity contribution >= 4 is 0 Å². The van der Waals surface area contributed by atoms with Crippen LogP contribution < -0.4 is 11.5 Å². The molecule has 21 heavy (non-hydrogen) atoms. The third-order valence-electron chi connectivity index (χ3n) is 1.66. The molecule has 0 aliphatic rings. The molecular formula is C13H20FeN7. The molecule has 7 nitrogen and oxygen atoms in total. The smallest absolute Gasteiger partial charge is 0.512 e. The molecule has 0 spiro atoms. The fourth-order valence-electron chi connectivity index (χ4n) is 0.996. The predicted octanol–water partition coefficient (Wildman–Crippen LogP) is 1.72. The van der Waals surface area contributed by atoms with Gasteiger partial charge in [0.1, 0.15) is 0 Å².